The smallest absolute Gasteiger partial charge is 0.255 e. The lowest BCUT2D eigenvalue weighted by Crippen LogP contribution is -2.36. The van der Waals surface area contributed by atoms with E-state index in [-0.39, 0.29) is 11.3 Å². The van der Waals surface area contributed by atoms with Gasteiger partial charge in [-0.25, -0.2) is 0 Å². The third-order valence-corrected chi connectivity index (χ3v) is 7.55. The molecule has 2 aliphatic heterocycles. The van der Waals surface area contributed by atoms with Crippen LogP contribution in [0.1, 0.15) is 71.9 Å². The molecule has 0 radical (unpaired) electrons. The zero-order valence-corrected chi connectivity index (χ0v) is 23.4. The Morgan fingerprint density at radius 3 is 2.53 bits per heavy atom. The summed E-state index contributed by atoms with van der Waals surface area (Å²) in [6.07, 6.45) is 6.36. The van der Waals surface area contributed by atoms with E-state index in [0.717, 1.165) is 53.5 Å². The third-order valence-electron chi connectivity index (χ3n) is 7.55. The highest BCUT2D eigenvalue weighted by atomic mass is 16.1. The van der Waals surface area contributed by atoms with E-state index in [9.17, 15) is 4.79 Å². The van der Waals surface area contributed by atoms with Crippen LogP contribution in [-0.4, -0.2) is 33.7 Å². The van der Waals surface area contributed by atoms with Crippen LogP contribution >= 0.6 is 0 Å². The maximum atomic E-state index is 13.4. The van der Waals surface area contributed by atoms with Crippen LogP contribution in [0.4, 0.5) is 11.4 Å². The van der Waals surface area contributed by atoms with Gasteiger partial charge >= 0.3 is 0 Å². The van der Waals surface area contributed by atoms with Gasteiger partial charge in [-0.05, 0) is 86.1 Å². The number of rotatable bonds is 6. The number of nitrogens with zero attached hydrogens (tertiary/aromatic N) is 4. The molecule has 0 unspecified atom stereocenters. The van der Waals surface area contributed by atoms with Crippen LogP contribution in [0.3, 0.4) is 0 Å². The van der Waals surface area contributed by atoms with Gasteiger partial charge in [-0.3, -0.25) is 19.4 Å². The van der Waals surface area contributed by atoms with Crippen molar-refractivity contribution in [1.82, 2.24) is 25.6 Å². The standard InChI is InChI=1S/C30H39N7O/c1-20-9-10-23(15-28(20)37-19-27(33-34-37)26-17-31-35(6)21(26)2)29(38)32-25-14-22(18-36-11-7-8-12-36)13-24(16-25)30(3,4)5/h9-10,13-17,19,33-34H,7-8,11-12,18H2,1-6H3,(H,32,38). The van der Waals surface area contributed by atoms with E-state index in [2.05, 4.69) is 65.2 Å². The molecule has 2 aliphatic rings. The molecule has 200 valence electrons. The summed E-state index contributed by atoms with van der Waals surface area (Å²) in [4.78, 5) is 15.9. The van der Waals surface area contributed by atoms with Crippen molar-refractivity contribution >= 4 is 23.0 Å². The number of aryl methyl sites for hydroxylation is 2. The van der Waals surface area contributed by atoms with Crippen molar-refractivity contribution in [3.05, 3.63) is 82.3 Å². The Balaban J connectivity index is 1.38. The molecule has 38 heavy (non-hydrogen) atoms. The van der Waals surface area contributed by atoms with Crippen molar-refractivity contribution in [3.63, 3.8) is 0 Å². The number of nitrogens with one attached hydrogen (secondary N) is 3. The number of amides is 1. The second kappa shape index (κ2) is 10.3. The summed E-state index contributed by atoms with van der Waals surface area (Å²) in [6.45, 7) is 13.9. The van der Waals surface area contributed by atoms with Gasteiger partial charge in [-0.15, -0.1) is 5.53 Å². The second-order valence-electron chi connectivity index (χ2n) is 11.5. The molecule has 3 N–H and O–H groups in total. The first-order valence-corrected chi connectivity index (χ1v) is 13.4. The Morgan fingerprint density at radius 1 is 1.08 bits per heavy atom. The Kier molecular flexibility index (Phi) is 7.03. The number of carbonyl (C=O) groups is 1. The van der Waals surface area contributed by atoms with Crippen LogP contribution in [-0.2, 0) is 19.0 Å². The lowest BCUT2D eigenvalue weighted by atomic mass is 9.85. The molecule has 0 atom stereocenters. The fourth-order valence-electron chi connectivity index (χ4n) is 5.04. The van der Waals surface area contributed by atoms with Crippen molar-refractivity contribution in [3.8, 4) is 0 Å². The van der Waals surface area contributed by atoms with Crippen LogP contribution in [0.15, 0.2) is 48.8 Å². The molecule has 0 saturated carbocycles. The zero-order valence-electron chi connectivity index (χ0n) is 23.4. The largest absolute Gasteiger partial charge is 0.322 e. The quantitative estimate of drug-likeness (QED) is 0.430. The SMILES string of the molecule is Cc1ccc(C(=O)Nc2cc(CN3CCCC3)cc(C(C)(C)C)c2)cc1N1C=C(c2cnn(C)c2C)NN1. The van der Waals surface area contributed by atoms with Crippen LogP contribution < -0.4 is 21.3 Å². The summed E-state index contributed by atoms with van der Waals surface area (Å²) in [5.74, 6) is -0.121. The molecule has 8 nitrogen and oxygen atoms in total. The molecule has 1 aromatic heterocycles. The Hall–Kier alpha value is -3.62. The summed E-state index contributed by atoms with van der Waals surface area (Å²) in [7, 11) is 1.93. The minimum absolute atomic E-state index is 0.0113. The monoisotopic (exact) mass is 513 g/mol. The van der Waals surface area contributed by atoms with Crippen molar-refractivity contribution in [2.75, 3.05) is 23.4 Å². The van der Waals surface area contributed by atoms with Gasteiger partial charge in [0.1, 0.15) is 0 Å². The van der Waals surface area contributed by atoms with Gasteiger partial charge in [0.2, 0.25) is 0 Å². The first-order valence-electron chi connectivity index (χ1n) is 13.4. The van der Waals surface area contributed by atoms with Gasteiger partial charge < -0.3 is 10.7 Å². The number of anilines is 2. The van der Waals surface area contributed by atoms with Crippen LogP contribution in [0, 0.1) is 13.8 Å². The molecule has 2 aromatic carbocycles. The lowest BCUT2D eigenvalue weighted by Gasteiger charge is -2.23. The lowest BCUT2D eigenvalue weighted by molar-refractivity contribution is 0.102. The summed E-state index contributed by atoms with van der Waals surface area (Å²) < 4.78 is 1.85. The number of hydrogen-bond donors (Lipinski definition) is 3. The second-order valence-corrected chi connectivity index (χ2v) is 11.5. The number of aromatic nitrogens is 2. The topological polar surface area (TPSA) is 77.5 Å². The zero-order chi connectivity index (χ0) is 27.0. The van der Waals surface area contributed by atoms with E-state index < -0.39 is 0 Å². The number of hydrazine groups is 2. The van der Waals surface area contributed by atoms with E-state index in [1.807, 2.05) is 61.2 Å². The maximum absolute atomic E-state index is 13.4. The summed E-state index contributed by atoms with van der Waals surface area (Å²) in [6, 6.07) is 12.3. The molecular formula is C30H39N7O. The van der Waals surface area contributed by atoms with Gasteiger partial charge in [0.15, 0.2) is 0 Å². The molecule has 5 rings (SSSR count). The van der Waals surface area contributed by atoms with Gasteiger partial charge in [-0.1, -0.05) is 32.9 Å². The van der Waals surface area contributed by atoms with E-state index in [1.165, 1.54) is 24.0 Å². The summed E-state index contributed by atoms with van der Waals surface area (Å²) in [5, 5.41) is 9.43. The predicted molar refractivity (Wildman–Crippen MR) is 153 cm³/mol. The Labute approximate surface area is 225 Å². The van der Waals surface area contributed by atoms with Crippen molar-refractivity contribution < 1.29 is 4.79 Å². The minimum Gasteiger partial charge on any atom is -0.322 e. The van der Waals surface area contributed by atoms with E-state index in [4.69, 9.17) is 0 Å². The number of likely N-dealkylation sites (tertiary alicyclic amines) is 1. The maximum Gasteiger partial charge on any atom is 0.255 e. The molecular weight excluding hydrogens is 474 g/mol. The summed E-state index contributed by atoms with van der Waals surface area (Å²) in [5.41, 5.74) is 15.3. The first kappa shape index (κ1) is 26.0. The molecule has 0 aliphatic carbocycles. The van der Waals surface area contributed by atoms with Gasteiger partial charge in [0.05, 0.1) is 17.6 Å². The van der Waals surface area contributed by atoms with Crippen LogP contribution in [0.5, 0.6) is 0 Å². The van der Waals surface area contributed by atoms with E-state index in [0.29, 0.717) is 5.56 Å². The Bertz CT molecular complexity index is 1380. The average molecular weight is 514 g/mol. The molecule has 0 bridgehead atoms. The predicted octanol–water partition coefficient (Wildman–Crippen LogP) is 5.01. The van der Waals surface area contributed by atoms with Crippen molar-refractivity contribution in [2.24, 2.45) is 7.05 Å². The molecule has 1 saturated heterocycles. The molecule has 1 amide bonds. The molecule has 3 heterocycles. The van der Waals surface area contributed by atoms with Crippen LogP contribution in [0.25, 0.3) is 5.70 Å². The van der Waals surface area contributed by atoms with Crippen molar-refractivity contribution in [1.29, 1.82) is 0 Å². The third kappa shape index (κ3) is 5.47. The fourth-order valence-corrected chi connectivity index (χ4v) is 5.04. The normalized spacial score (nSPS) is 16.1. The number of hydrogen-bond acceptors (Lipinski definition) is 6. The van der Waals surface area contributed by atoms with Crippen LogP contribution in [0.2, 0.25) is 0 Å². The van der Waals surface area contributed by atoms with Gasteiger partial charge in [0, 0.05) is 42.3 Å². The molecule has 8 heteroatoms. The fraction of sp³-hybridized carbons (Fsp3) is 0.400. The van der Waals surface area contributed by atoms with Gasteiger partial charge in [-0.2, -0.15) is 5.10 Å². The molecule has 0 spiro atoms. The van der Waals surface area contributed by atoms with E-state index >= 15 is 0 Å². The summed E-state index contributed by atoms with van der Waals surface area (Å²) >= 11 is 0. The highest BCUT2D eigenvalue weighted by Gasteiger charge is 2.21. The number of benzene rings is 2. The first-order chi connectivity index (χ1) is 18.1. The molecule has 1 fully saturated rings. The number of carbonyl (C=O) groups excluding carboxylic acids is 1. The minimum atomic E-state index is -0.121. The average Bonchev–Trinajstić information content (AvgIpc) is 3.62. The molecule has 3 aromatic rings. The Morgan fingerprint density at radius 2 is 1.84 bits per heavy atom. The van der Waals surface area contributed by atoms with E-state index in [1.54, 1.807) is 0 Å². The van der Waals surface area contributed by atoms with Gasteiger partial charge in [0.25, 0.3) is 5.91 Å². The highest BCUT2D eigenvalue weighted by Crippen LogP contribution is 2.29. The highest BCUT2D eigenvalue weighted by molar-refractivity contribution is 6.05. The van der Waals surface area contributed by atoms with Crippen molar-refractivity contribution in [2.45, 2.75) is 59.4 Å².